The second-order valence-corrected chi connectivity index (χ2v) is 3.72. The summed E-state index contributed by atoms with van der Waals surface area (Å²) in [6, 6.07) is 0.305. The Bertz CT molecular complexity index is 160. The Hall–Kier alpha value is -0.610. The van der Waals surface area contributed by atoms with Gasteiger partial charge in [-0.25, -0.2) is 0 Å². The fourth-order valence-electron chi connectivity index (χ4n) is 1.32. The number of aliphatic hydroxyl groups is 1. The van der Waals surface area contributed by atoms with E-state index in [1.165, 1.54) is 0 Å². The topological polar surface area (TPSA) is 61.4 Å². The van der Waals surface area contributed by atoms with Crippen LogP contribution < -0.4 is 10.6 Å². The number of hydrogen-bond donors (Lipinski definition) is 3. The molecule has 0 spiro atoms. The van der Waals surface area contributed by atoms with Gasteiger partial charge in [-0.3, -0.25) is 4.79 Å². The molecule has 0 aliphatic rings. The zero-order valence-electron chi connectivity index (χ0n) is 9.34. The van der Waals surface area contributed by atoms with Crippen molar-refractivity contribution in [3.63, 3.8) is 0 Å². The molecule has 2 unspecified atom stereocenters. The zero-order valence-corrected chi connectivity index (χ0v) is 9.34. The van der Waals surface area contributed by atoms with Gasteiger partial charge in [-0.05, 0) is 33.2 Å². The summed E-state index contributed by atoms with van der Waals surface area (Å²) in [4.78, 5) is 10.9. The molecule has 0 radical (unpaired) electrons. The molecule has 2 atom stereocenters. The standard InChI is InChI=1S/C10H22N2O2/c1-8(7-9(2)13)12-6-4-5-10(14)11-3/h8-9,12-13H,4-7H2,1-3H3,(H,11,14). The highest BCUT2D eigenvalue weighted by Crippen LogP contribution is 1.96. The van der Waals surface area contributed by atoms with E-state index in [9.17, 15) is 4.79 Å². The molecule has 0 bridgehead atoms. The van der Waals surface area contributed by atoms with Gasteiger partial charge in [0.1, 0.15) is 0 Å². The second-order valence-electron chi connectivity index (χ2n) is 3.72. The van der Waals surface area contributed by atoms with E-state index in [2.05, 4.69) is 10.6 Å². The maximum absolute atomic E-state index is 10.9. The highest BCUT2D eigenvalue weighted by Gasteiger charge is 2.05. The van der Waals surface area contributed by atoms with E-state index in [4.69, 9.17) is 5.11 Å². The van der Waals surface area contributed by atoms with Crippen LogP contribution in [0.5, 0.6) is 0 Å². The normalized spacial score (nSPS) is 14.9. The van der Waals surface area contributed by atoms with Crippen molar-refractivity contribution < 1.29 is 9.90 Å². The van der Waals surface area contributed by atoms with Crippen LogP contribution in [0.1, 0.15) is 33.1 Å². The van der Waals surface area contributed by atoms with E-state index < -0.39 is 0 Å². The number of carbonyl (C=O) groups excluding carboxylic acids is 1. The molecule has 0 aromatic carbocycles. The first-order valence-electron chi connectivity index (χ1n) is 5.18. The molecule has 0 saturated heterocycles. The second kappa shape index (κ2) is 7.76. The molecule has 4 nitrogen and oxygen atoms in total. The lowest BCUT2D eigenvalue weighted by Gasteiger charge is -2.14. The largest absolute Gasteiger partial charge is 0.393 e. The predicted molar refractivity (Wildman–Crippen MR) is 57.1 cm³/mol. The number of aliphatic hydroxyl groups excluding tert-OH is 1. The van der Waals surface area contributed by atoms with E-state index >= 15 is 0 Å². The van der Waals surface area contributed by atoms with Gasteiger partial charge in [0.05, 0.1) is 6.10 Å². The van der Waals surface area contributed by atoms with Crippen LogP contribution in [-0.2, 0) is 4.79 Å². The lowest BCUT2D eigenvalue weighted by Crippen LogP contribution is -2.30. The van der Waals surface area contributed by atoms with Crippen LogP contribution in [0.15, 0.2) is 0 Å². The number of nitrogens with one attached hydrogen (secondary N) is 2. The average molecular weight is 202 g/mol. The highest BCUT2D eigenvalue weighted by molar-refractivity contribution is 5.75. The number of carbonyl (C=O) groups is 1. The van der Waals surface area contributed by atoms with Crippen molar-refractivity contribution in [2.24, 2.45) is 0 Å². The Morgan fingerprint density at radius 3 is 2.57 bits per heavy atom. The van der Waals surface area contributed by atoms with Gasteiger partial charge in [-0.2, -0.15) is 0 Å². The number of rotatable bonds is 7. The van der Waals surface area contributed by atoms with E-state index in [0.717, 1.165) is 19.4 Å². The molecule has 0 aliphatic heterocycles. The quantitative estimate of drug-likeness (QED) is 0.519. The van der Waals surface area contributed by atoms with Crippen LogP contribution in [0.2, 0.25) is 0 Å². The first-order valence-corrected chi connectivity index (χ1v) is 5.18. The van der Waals surface area contributed by atoms with Crippen LogP contribution in [0.3, 0.4) is 0 Å². The lowest BCUT2D eigenvalue weighted by molar-refractivity contribution is -0.120. The lowest BCUT2D eigenvalue weighted by atomic mass is 10.1. The Morgan fingerprint density at radius 2 is 2.07 bits per heavy atom. The van der Waals surface area contributed by atoms with Gasteiger partial charge in [0.25, 0.3) is 0 Å². The van der Waals surface area contributed by atoms with Gasteiger partial charge >= 0.3 is 0 Å². The van der Waals surface area contributed by atoms with Gasteiger partial charge < -0.3 is 15.7 Å². The van der Waals surface area contributed by atoms with Crippen LogP contribution in [0.25, 0.3) is 0 Å². The first-order chi connectivity index (χ1) is 6.56. The third-order valence-corrected chi connectivity index (χ3v) is 2.05. The summed E-state index contributed by atoms with van der Waals surface area (Å²) >= 11 is 0. The minimum Gasteiger partial charge on any atom is -0.393 e. The van der Waals surface area contributed by atoms with Crippen LogP contribution in [-0.4, -0.2) is 36.8 Å². The molecule has 0 fully saturated rings. The predicted octanol–water partition coefficient (Wildman–Crippen LogP) is 0.262. The summed E-state index contributed by atoms with van der Waals surface area (Å²) in [5, 5.41) is 14.9. The minimum atomic E-state index is -0.267. The van der Waals surface area contributed by atoms with Crippen molar-refractivity contribution in [2.45, 2.75) is 45.3 Å². The molecule has 0 rings (SSSR count). The smallest absolute Gasteiger partial charge is 0.219 e. The van der Waals surface area contributed by atoms with E-state index in [0.29, 0.717) is 12.5 Å². The molecule has 0 aliphatic carbocycles. The van der Waals surface area contributed by atoms with E-state index in [1.807, 2.05) is 6.92 Å². The molecule has 0 heterocycles. The van der Waals surface area contributed by atoms with Gasteiger partial charge in [0, 0.05) is 19.5 Å². The summed E-state index contributed by atoms with van der Waals surface area (Å²) in [6.45, 7) is 4.64. The molecule has 0 aromatic heterocycles. The summed E-state index contributed by atoms with van der Waals surface area (Å²) in [7, 11) is 1.64. The monoisotopic (exact) mass is 202 g/mol. The highest BCUT2D eigenvalue weighted by atomic mass is 16.3. The Labute approximate surface area is 86.1 Å². The van der Waals surface area contributed by atoms with Gasteiger partial charge in [0.2, 0.25) is 5.91 Å². The number of hydrogen-bond acceptors (Lipinski definition) is 3. The average Bonchev–Trinajstić information content (AvgIpc) is 2.10. The van der Waals surface area contributed by atoms with Gasteiger partial charge in [-0.15, -0.1) is 0 Å². The Kier molecular flexibility index (Phi) is 7.42. The maximum Gasteiger partial charge on any atom is 0.219 e. The molecular weight excluding hydrogens is 180 g/mol. The molecule has 0 saturated carbocycles. The molecular formula is C10H22N2O2. The Balaban J connectivity index is 3.31. The maximum atomic E-state index is 10.9. The summed E-state index contributed by atoms with van der Waals surface area (Å²) < 4.78 is 0. The zero-order chi connectivity index (χ0) is 11.0. The molecule has 0 aromatic rings. The van der Waals surface area contributed by atoms with E-state index in [1.54, 1.807) is 14.0 Å². The van der Waals surface area contributed by atoms with Crippen LogP contribution in [0, 0.1) is 0 Å². The molecule has 84 valence electrons. The summed E-state index contributed by atoms with van der Waals surface area (Å²) in [6.07, 6.45) is 1.88. The van der Waals surface area contributed by atoms with Gasteiger partial charge in [-0.1, -0.05) is 0 Å². The van der Waals surface area contributed by atoms with Crippen molar-refractivity contribution in [2.75, 3.05) is 13.6 Å². The third kappa shape index (κ3) is 8.01. The molecule has 1 amide bonds. The SMILES string of the molecule is CNC(=O)CCCNC(C)CC(C)O. The fourth-order valence-corrected chi connectivity index (χ4v) is 1.32. The summed E-state index contributed by atoms with van der Waals surface area (Å²) in [5.74, 6) is 0.0787. The third-order valence-electron chi connectivity index (χ3n) is 2.05. The first kappa shape index (κ1) is 13.4. The van der Waals surface area contributed by atoms with Crippen LogP contribution >= 0.6 is 0 Å². The minimum absolute atomic E-state index is 0.0787. The number of amides is 1. The fraction of sp³-hybridized carbons (Fsp3) is 0.900. The van der Waals surface area contributed by atoms with Crippen LogP contribution in [0.4, 0.5) is 0 Å². The van der Waals surface area contributed by atoms with Crippen molar-refractivity contribution >= 4 is 5.91 Å². The van der Waals surface area contributed by atoms with Crippen molar-refractivity contribution in [3.8, 4) is 0 Å². The summed E-state index contributed by atoms with van der Waals surface area (Å²) in [5.41, 5.74) is 0. The molecule has 4 heteroatoms. The molecule has 3 N–H and O–H groups in total. The molecule has 14 heavy (non-hydrogen) atoms. The van der Waals surface area contributed by atoms with Crippen molar-refractivity contribution in [1.29, 1.82) is 0 Å². The Morgan fingerprint density at radius 1 is 1.43 bits per heavy atom. The van der Waals surface area contributed by atoms with Gasteiger partial charge in [0.15, 0.2) is 0 Å². The van der Waals surface area contributed by atoms with E-state index in [-0.39, 0.29) is 12.0 Å². The van der Waals surface area contributed by atoms with Crippen molar-refractivity contribution in [1.82, 2.24) is 10.6 Å². The van der Waals surface area contributed by atoms with Crippen molar-refractivity contribution in [3.05, 3.63) is 0 Å².